The summed E-state index contributed by atoms with van der Waals surface area (Å²) in [4.78, 5) is 89.3. The Morgan fingerprint density at radius 3 is 1.21 bits per heavy atom. The number of carbonyl (C=O) groups is 6. The highest BCUT2D eigenvalue weighted by molar-refractivity contribution is 7.17. The molecule has 4 aliphatic rings. The molecule has 0 unspecified atom stereocenters. The van der Waals surface area contributed by atoms with Crippen LogP contribution < -0.4 is 9.80 Å². The van der Waals surface area contributed by atoms with Gasteiger partial charge in [-0.1, -0.05) is 60.7 Å². The van der Waals surface area contributed by atoms with Gasteiger partial charge in [0.1, 0.15) is 22.1 Å². The van der Waals surface area contributed by atoms with Crippen LogP contribution in [0.1, 0.15) is 64.8 Å². The fourth-order valence-electron chi connectivity index (χ4n) is 8.42. The number of fused-ring (bicyclic) bond motifs is 5. The van der Waals surface area contributed by atoms with Crippen LogP contribution in [-0.4, -0.2) is 71.9 Å². The SMILES string of the molecule is COC(=O)c1c(N2C(=O)[C@@H]3[C@@H](C2=O)N2[C@@H](c4ccccc4)[C@H]4C(=O)N(c5sc(C)c(C)c5C(=O)OC)C(=O)[C@@H]4N2[C@@H]3c2ccccc2)sc(C)c1C. The van der Waals surface area contributed by atoms with Crippen LogP contribution in [0, 0.1) is 39.5 Å². The first kappa shape index (κ1) is 34.1. The molecule has 0 aliphatic carbocycles. The Balaban J connectivity index is 1.33. The van der Waals surface area contributed by atoms with Gasteiger partial charge in [-0.3, -0.25) is 19.2 Å². The molecule has 0 bridgehead atoms. The standard InChI is InChI=1S/C38H34N4O8S2/c1-17-19(3)51-35(23(17)37(47)49-5)39-31(43)25-27(21-13-9-7-10-14-21)42-30-26(28(22-15-11-8-12-16-22)41(42)29(25)33(39)45)32(44)40(34(30)46)36-24(38(48)50-6)18(2)20(4)52-36/h7-16,25-30H,1-6H3/t25-,26+,27+,28-,29-,30+. The topological polar surface area (TPSA) is 134 Å². The number of hydrogen-bond donors (Lipinski definition) is 0. The van der Waals surface area contributed by atoms with Gasteiger partial charge in [0.2, 0.25) is 11.8 Å². The summed E-state index contributed by atoms with van der Waals surface area (Å²) in [6.07, 6.45) is 0. The van der Waals surface area contributed by atoms with E-state index in [1.807, 2.05) is 74.5 Å². The number of aryl methyl sites for hydroxylation is 2. The van der Waals surface area contributed by atoms with Crippen LogP contribution in [0.15, 0.2) is 60.7 Å². The van der Waals surface area contributed by atoms with Crippen molar-refractivity contribution < 1.29 is 38.2 Å². The summed E-state index contributed by atoms with van der Waals surface area (Å²) < 4.78 is 10.2. The van der Waals surface area contributed by atoms with Gasteiger partial charge in [-0.15, -0.1) is 22.7 Å². The molecule has 12 nitrogen and oxygen atoms in total. The summed E-state index contributed by atoms with van der Waals surface area (Å²) >= 11 is 2.34. The van der Waals surface area contributed by atoms with E-state index in [0.717, 1.165) is 19.6 Å². The van der Waals surface area contributed by atoms with Crippen molar-refractivity contribution in [1.82, 2.24) is 10.0 Å². The molecule has 14 heteroatoms. The zero-order valence-corrected chi connectivity index (χ0v) is 30.7. The maximum Gasteiger partial charge on any atom is 0.341 e. The van der Waals surface area contributed by atoms with Crippen LogP contribution in [0.2, 0.25) is 0 Å². The molecule has 8 rings (SSSR count). The van der Waals surface area contributed by atoms with Gasteiger partial charge in [-0.25, -0.2) is 29.4 Å². The Labute approximate surface area is 307 Å². The number of amides is 4. The predicted molar refractivity (Wildman–Crippen MR) is 192 cm³/mol. The van der Waals surface area contributed by atoms with Gasteiger partial charge in [-0.05, 0) is 49.9 Å². The van der Waals surface area contributed by atoms with Crippen molar-refractivity contribution >= 4 is 68.2 Å². The van der Waals surface area contributed by atoms with Crippen molar-refractivity contribution in [3.63, 3.8) is 0 Å². The zero-order valence-electron chi connectivity index (χ0n) is 29.1. The minimum atomic E-state index is -1.10. The van der Waals surface area contributed by atoms with E-state index < -0.39 is 71.6 Å². The van der Waals surface area contributed by atoms with E-state index >= 15 is 0 Å². The molecule has 0 spiro atoms. The molecule has 0 saturated carbocycles. The molecule has 52 heavy (non-hydrogen) atoms. The maximum absolute atomic E-state index is 14.9. The number of nitrogens with zero attached hydrogens (tertiary/aromatic N) is 4. The maximum atomic E-state index is 14.9. The molecule has 0 radical (unpaired) electrons. The van der Waals surface area contributed by atoms with E-state index in [-0.39, 0.29) is 21.1 Å². The smallest absolute Gasteiger partial charge is 0.341 e. The van der Waals surface area contributed by atoms with Crippen molar-refractivity contribution in [3.05, 3.63) is 104 Å². The van der Waals surface area contributed by atoms with Crippen molar-refractivity contribution in [2.75, 3.05) is 24.0 Å². The van der Waals surface area contributed by atoms with E-state index in [9.17, 15) is 28.8 Å². The third-order valence-electron chi connectivity index (χ3n) is 10.9. The minimum absolute atomic E-state index is 0.154. The minimum Gasteiger partial charge on any atom is -0.465 e. The van der Waals surface area contributed by atoms with Crippen LogP contribution in [-0.2, 0) is 28.7 Å². The first-order valence-corrected chi connectivity index (χ1v) is 18.4. The van der Waals surface area contributed by atoms with Crippen molar-refractivity contribution in [2.45, 2.75) is 51.9 Å². The zero-order chi connectivity index (χ0) is 36.9. The fourth-order valence-corrected chi connectivity index (χ4v) is 10.7. The quantitative estimate of drug-likeness (QED) is 0.195. The molecule has 2 aromatic carbocycles. The van der Waals surface area contributed by atoms with Gasteiger partial charge in [0, 0.05) is 9.75 Å². The predicted octanol–water partition coefficient (Wildman–Crippen LogP) is 5.06. The lowest BCUT2D eigenvalue weighted by Crippen LogP contribution is -2.50. The monoisotopic (exact) mass is 738 g/mol. The van der Waals surface area contributed by atoms with Crippen LogP contribution in [0.4, 0.5) is 10.0 Å². The molecule has 6 atom stereocenters. The molecule has 4 fully saturated rings. The number of anilines is 2. The van der Waals surface area contributed by atoms with Crippen LogP contribution in [0.25, 0.3) is 0 Å². The highest BCUT2D eigenvalue weighted by Crippen LogP contribution is 2.60. The molecule has 4 aliphatic heterocycles. The lowest BCUT2D eigenvalue weighted by atomic mass is 9.84. The molecular formula is C38H34N4O8S2. The van der Waals surface area contributed by atoms with Crippen molar-refractivity contribution in [2.24, 2.45) is 11.8 Å². The number of esters is 2. The first-order chi connectivity index (χ1) is 24.9. The molecule has 266 valence electrons. The number of rotatable bonds is 6. The van der Waals surface area contributed by atoms with Gasteiger partial charge in [-0.2, -0.15) is 0 Å². The van der Waals surface area contributed by atoms with Crippen molar-refractivity contribution in [1.29, 1.82) is 0 Å². The number of benzene rings is 2. The molecular weight excluding hydrogens is 705 g/mol. The van der Waals surface area contributed by atoms with E-state index in [4.69, 9.17) is 9.47 Å². The molecule has 4 amide bonds. The second-order valence-electron chi connectivity index (χ2n) is 13.3. The summed E-state index contributed by atoms with van der Waals surface area (Å²) in [6.45, 7) is 7.13. The third kappa shape index (κ3) is 4.50. The van der Waals surface area contributed by atoms with Crippen LogP contribution >= 0.6 is 22.7 Å². The highest BCUT2D eigenvalue weighted by Gasteiger charge is 2.74. The van der Waals surface area contributed by atoms with Gasteiger partial charge in [0.05, 0.1) is 49.3 Å². The van der Waals surface area contributed by atoms with Gasteiger partial charge >= 0.3 is 11.9 Å². The first-order valence-electron chi connectivity index (χ1n) is 16.7. The number of hydrazine groups is 1. The molecule has 2 aromatic heterocycles. The van der Waals surface area contributed by atoms with Gasteiger partial charge < -0.3 is 9.47 Å². The highest BCUT2D eigenvalue weighted by atomic mass is 32.1. The molecule has 4 saturated heterocycles. The number of carbonyl (C=O) groups excluding carboxylic acids is 6. The molecule has 0 N–H and O–H groups in total. The number of hydrogen-bond acceptors (Lipinski definition) is 12. The second-order valence-corrected chi connectivity index (χ2v) is 15.8. The largest absolute Gasteiger partial charge is 0.465 e. The Kier molecular flexibility index (Phi) is 8.06. The number of imide groups is 2. The van der Waals surface area contributed by atoms with Crippen molar-refractivity contribution in [3.8, 4) is 0 Å². The third-order valence-corrected chi connectivity index (χ3v) is 13.3. The van der Waals surface area contributed by atoms with E-state index in [2.05, 4.69) is 0 Å². The van der Waals surface area contributed by atoms with E-state index in [0.29, 0.717) is 22.3 Å². The van der Waals surface area contributed by atoms with Crippen LogP contribution in [0.3, 0.4) is 0 Å². The summed E-state index contributed by atoms with van der Waals surface area (Å²) in [7, 11) is 2.50. The van der Waals surface area contributed by atoms with Gasteiger partial charge in [0.15, 0.2) is 0 Å². The van der Waals surface area contributed by atoms with Crippen LogP contribution in [0.5, 0.6) is 0 Å². The fraction of sp³-hybridized carbons (Fsp3) is 0.316. The lowest BCUT2D eigenvalue weighted by molar-refractivity contribution is -0.135. The van der Waals surface area contributed by atoms with E-state index in [1.165, 1.54) is 36.9 Å². The summed E-state index contributed by atoms with van der Waals surface area (Å²) in [5.74, 6) is -5.45. The summed E-state index contributed by atoms with van der Waals surface area (Å²) in [5, 5.41) is 3.93. The summed E-state index contributed by atoms with van der Waals surface area (Å²) in [5.41, 5.74) is 2.90. The Bertz CT molecular complexity index is 2060. The molecule has 4 aromatic rings. The molecule has 6 heterocycles. The number of ether oxygens (including phenoxy) is 2. The van der Waals surface area contributed by atoms with E-state index in [1.54, 1.807) is 23.9 Å². The normalized spacial score (nSPS) is 25.6. The Morgan fingerprint density at radius 2 is 0.885 bits per heavy atom. The Hall–Kier alpha value is -5.02. The van der Waals surface area contributed by atoms with Gasteiger partial charge in [0.25, 0.3) is 11.8 Å². The second kappa shape index (κ2) is 12.3. The number of thiophene rings is 2. The average Bonchev–Trinajstić information content (AvgIpc) is 3.93. The lowest BCUT2D eigenvalue weighted by Gasteiger charge is -2.35. The summed E-state index contributed by atoms with van der Waals surface area (Å²) in [6, 6.07) is 14.5. The Morgan fingerprint density at radius 1 is 0.538 bits per heavy atom. The number of methoxy groups -OCH3 is 2. The average molecular weight is 739 g/mol.